The number of amides is 2. The van der Waals surface area contributed by atoms with Crippen LogP contribution in [0.3, 0.4) is 0 Å². The van der Waals surface area contributed by atoms with E-state index >= 15 is 0 Å². The summed E-state index contributed by atoms with van der Waals surface area (Å²) in [6.45, 7) is 0.928. The zero-order chi connectivity index (χ0) is 18.4. The smallest absolute Gasteiger partial charge is 0.243 e. The first-order valence-corrected chi connectivity index (χ1v) is 8.93. The van der Waals surface area contributed by atoms with Crippen molar-refractivity contribution in [3.63, 3.8) is 0 Å². The van der Waals surface area contributed by atoms with Crippen molar-refractivity contribution in [3.8, 4) is 0 Å². The normalized spacial score (nSPS) is 17.7. The van der Waals surface area contributed by atoms with Gasteiger partial charge >= 0.3 is 0 Å². The van der Waals surface area contributed by atoms with Gasteiger partial charge in [-0.15, -0.1) is 0 Å². The molecule has 0 saturated carbocycles. The first-order chi connectivity index (χ1) is 12.6. The van der Waals surface area contributed by atoms with Crippen LogP contribution < -0.4 is 11.1 Å². The second-order valence-electron chi connectivity index (χ2n) is 6.52. The average molecular weight is 352 g/mol. The second kappa shape index (κ2) is 8.58. The molecule has 3 N–H and O–H groups in total. The van der Waals surface area contributed by atoms with E-state index in [1.807, 2.05) is 48.5 Å². The highest BCUT2D eigenvalue weighted by Gasteiger charge is 2.35. The molecular weight excluding hydrogens is 328 g/mol. The van der Waals surface area contributed by atoms with Crippen molar-refractivity contribution in [1.29, 1.82) is 0 Å². The van der Waals surface area contributed by atoms with Crippen LogP contribution in [0.15, 0.2) is 54.7 Å². The van der Waals surface area contributed by atoms with Crippen molar-refractivity contribution < 1.29 is 9.59 Å². The molecule has 2 aromatic rings. The monoisotopic (exact) mass is 352 g/mol. The van der Waals surface area contributed by atoms with E-state index in [2.05, 4.69) is 10.3 Å². The molecule has 6 heteroatoms. The van der Waals surface area contributed by atoms with Gasteiger partial charge in [0.25, 0.3) is 0 Å². The molecule has 2 amide bonds. The molecule has 0 bridgehead atoms. The maximum Gasteiger partial charge on any atom is 0.243 e. The number of rotatable bonds is 6. The van der Waals surface area contributed by atoms with Crippen molar-refractivity contribution in [2.75, 3.05) is 6.54 Å². The standard InChI is InChI=1S/C20H24N4O2/c21-17(13-15-7-2-1-3-8-15)20(26)24-12-6-10-18(24)19(25)23-14-16-9-4-5-11-22-16/h1-5,7-9,11,17-18H,6,10,12-14,21H2,(H,23,25)/t17-,18+/m1/s1. The van der Waals surface area contributed by atoms with Crippen LogP contribution in [0, 0.1) is 0 Å². The molecule has 6 nitrogen and oxygen atoms in total. The molecule has 1 aromatic carbocycles. The second-order valence-corrected chi connectivity index (χ2v) is 6.52. The molecule has 0 radical (unpaired) electrons. The Hall–Kier alpha value is -2.73. The van der Waals surface area contributed by atoms with Gasteiger partial charge in [0.05, 0.1) is 18.3 Å². The Balaban J connectivity index is 1.58. The summed E-state index contributed by atoms with van der Waals surface area (Å²) in [5.74, 6) is -0.308. The van der Waals surface area contributed by atoms with Gasteiger partial charge in [-0.2, -0.15) is 0 Å². The summed E-state index contributed by atoms with van der Waals surface area (Å²) in [4.78, 5) is 31.1. The number of hydrogen-bond acceptors (Lipinski definition) is 4. The van der Waals surface area contributed by atoms with Crippen LogP contribution in [0.2, 0.25) is 0 Å². The van der Waals surface area contributed by atoms with Gasteiger partial charge in [-0.1, -0.05) is 36.4 Å². The van der Waals surface area contributed by atoms with E-state index in [4.69, 9.17) is 5.73 Å². The Kier molecular flexibility index (Phi) is 5.96. The molecule has 1 aromatic heterocycles. The number of carbonyl (C=O) groups excluding carboxylic acids is 2. The fraction of sp³-hybridized carbons (Fsp3) is 0.350. The van der Waals surface area contributed by atoms with E-state index < -0.39 is 12.1 Å². The number of benzene rings is 1. The number of nitrogens with one attached hydrogen (secondary N) is 1. The minimum Gasteiger partial charge on any atom is -0.349 e. The highest BCUT2D eigenvalue weighted by Crippen LogP contribution is 2.19. The van der Waals surface area contributed by atoms with Crippen LogP contribution >= 0.6 is 0 Å². The minimum atomic E-state index is -0.637. The largest absolute Gasteiger partial charge is 0.349 e. The number of aromatic nitrogens is 1. The van der Waals surface area contributed by atoms with Crippen LogP contribution in [-0.2, 0) is 22.6 Å². The number of pyridine rings is 1. The van der Waals surface area contributed by atoms with Crippen LogP contribution in [0.5, 0.6) is 0 Å². The molecule has 1 fully saturated rings. The molecule has 2 atom stereocenters. The lowest BCUT2D eigenvalue weighted by Gasteiger charge is -2.26. The molecule has 0 spiro atoms. The Morgan fingerprint density at radius 1 is 1.19 bits per heavy atom. The summed E-state index contributed by atoms with van der Waals surface area (Å²) in [7, 11) is 0. The third-order valence-electron chi connectivity index (χ3n) is 4.62. The quantitative estimate of drug-likeness (QED) is 0.819. The zero-order valence-corrected chi connectivity index (χ0v) is 14.7. The molecule has 136 valence electrons. The Bertz CT molecular complexity index is 736. The first kappa shape index (κ1) is 18.1. The van der Waals surface area contributed by atoms with Crippen LogP contribution in [0.1, 0.15) is 24.1 Å². The maximum absolute atomic E-state index is 12.7. The van der Waals surface area contributed by atoms with Crippen molar-refractivity contribution >= 4 is 11.8 Å². The topological polar surface area (TPSA) is 88.3 Å². The molecule has 1 saturated heterocycles. The molecule has 0 unspecified atom stereocenters. The van der Waals surface area contributed by atoms with Gasteiger partial charge < -0.3 is 16.0 Å². The Morgan fingerprint density at radius 3 is 2.69 bits per heavy atom. The van der Waals surface area contributed by atoms with Gasteiger partial charge in [0.1, 0.15) is 6.04 Å². The van der Waals surface area contributed by atoms with Gasteiger partial charge in [0.15, 0.2) is 0 Å². The van der Waals surface area contributed by atoms with Crippen LogP contribution in [-0.4, -0.2) is 40.3 Å². The summed E-state index contributed by atoms with van der Waals surface area (Å²) in [5, 5.41) is 2.88. The Labute approximate surface area is 153 Å². The van der Waals surface area contributed by atoms with E-state index in [0.29, 0.717) is 25.9 Å². The van der Waals surface area contributed by atoms with Gasteiger partial charge in [0, 0.05) is 12.7 Å². The molecule has 0 aliphatic carbocycles. The number of nitrogens with two attached hydrogens (primary N) is 1. The van der Waals surface area contributed by atoms with E-state index in [1.54, 1.807) is 11.1 Å². The lowest BCUT2D eigenvalue weighted by molar-refractivity contribution is -0.139. The van der Waals surface area contributed by atoms with Crippen molar-refractivity contribution in [1.82, 2.24) is 15.2 Å². The van der Waals surface area contributed by atoms with E-state index in [1.165, 1.54) is 0 Å². The van der Waals surface area contributed by atoms with E-state index in [9.17, 15) is 9.59 Å². The first-order valence-electron chi connectivity index (χ1n) is 8.93. The van der Waals surface area contributed by atoms with Crippen LogP contribution in [0.4, 0.5) is 0 Å². The highest BCUT2D eigenvalue weighted by molar-refractivity contribution is 5.90. The number of hydrogen-bond donors (Lipinski definition) is 2. The molecular formula is C20H24N4O2. The van der Waals surface area contributed by atoms with Gasteiger partial charge in [-0.3, -0.25) is 14.6 Å². The fourth-order valence-electron chi connectivity index (χ4n) is 3.27. The third kappa shape index (κ3) is 4.46. The average Bonchev–Trinajstić information content (AvgIpc) is 3.17. The van der Waals surface area contributed by atoms with E-state index in [0.717, 1.165) is 17.7 Å². The maximum atomic E-state index is 12.7. The lowest BCUT2D eigenvalue weighted by atomic mass is 10.1. The predicted octanol–water partition coefficient (Wildman–Crippen LogP) is 1.26. The van der Waals surface area contributed by atoms with Crippen molar-refractivity contribution in [2.24, 2.45) is 5.73 Å². The lowest BCUT2D eigenvalue weighted by Crippen LogP contribution is -2.51. The third-order valence-corrected chi connectivity index (χ3v) is 4.62. The SMILES string of the molecule is N[C@H](Cc1ccccc1)C(=O)N1CCC[C@H]1C(=O)NCc1ccccn1. The summed E-state index contributed by atoms with van der Waals surface area (Å²) >= 11 is 0. The molecule has 1 aliphatic heterocycles. The van der Waals surface area contributed by atoms with Crippen molar-refractivity contribution in [3.05, 3.63) is 66.0 Å². The molecule has 2 heterocycles. The number of likely N-dealkylation sites (tertiary alicyclic amines) is 1. The summed E-state index contributed by atoms with van der Waals surface area (Å²) in [6, 6.07) is 14.2. The minimum absolute atomic E-state index is 0.145. The van der Waals surface area contributed by atoms with Crippen molar-refractivity contribution in [2.45, 2.75) is 37.9 Å². The number of carbonyl (C=O) groups is 2. The summed E-state index contributed by atoms with van der Waals surface area (Å²) in [6.07, 6.45) is 3.64. The van der Waals surface area contributed by atoms with Crippen LogP contribution in [0.25, 0.3) is 0 Å². The molecule has 3 rings (SSSR count). The number of nitrogens with zero attached hydrogens (tertiary/aromatic N) is 2. The molecule has 1 aliphatic rings. The van der Waals surface area contributed by atoms with E-state index in [-0.39, 0.29) is 11.8 Å². The van der Waals surface area contributed by atoms with Gasteiger partial charge in [0.2, 0.25) is 11.8 Å². The Morgan fingerprint density at radius 2 is 1.96 bits per heavy atom. The van der Waals surface area contributed by atoms with Gasteiger partial charge in [-0.25, -0.2) is 0 Å². The highest BCUT2D eigenvalue weighted by atomic mass is 16.2. The fourth-order valence-corrected chi connectivity index (χ4v) is 3.27. The summed E-state index contributed by atoms with van der Waals surface area (Å²) in [5.41, 5.74) is 7.93. The molecule has 26 heavy (non-hydrogen) atoms. The summed E-state index contributed by atoms with van der Waals surface area (Å²) < 4.78 is 0. The van der Waals surface area contributed by atoms with Gasteiger partial charge in [-0.05, 0) is 37.0 Å². The predicted molar refractivity (Wildman–Crippen MR) is 98.9 cm³/mol. The zero-order valence-electron chi connectivity index (χ0n) is 14.7.